The van der Waals surface area contributed by atoms with Crippen LogP contribution in [0.1, 0.15) is 16.7 Å². The summed E-state index contributed by atoms with van der Waals surface area (Å²) in [5.41, 5.74) is 2.48. The van der Waals surface area contributed by atoms with E-state index in [1.807, 2.05) is 13.8 Å². The van der Waals surface area contributed by atoms with Crippen molar-refractivity contribution >= 4 is 19.7 Å². The van der Waals surface area contributed by atoms with E-state index >= 15 is 0 Å². The number of benzene rings is 1. The van der Waals surface area contributed by atoms with Gasteiger partial charge in [-0.3, -0.25) is 0 Å². The highest BCUT2D eigenvalue weighted by Crippen LogP contribution is 2.24. The van der Waals surface area contributed by atoms with Crippen LogP contribution in [0.3, 0.4) is 0 Å². The third-order valence-corrected chi connectivity index (χ3v) is 3.18. The molecule has 0 aliphatic carbocycles. The van der Waals surface area contributed by atoms with E-state index in [1.54, 1.807) is 19.2 Å². The Bertz CT molecular complexity index is 443. The van der Waals surface area contributed by atoms with E-state index in [-0.39, 0.29) is 5.75 Å². The molecule has 0 saturated carbocycles. The lowest BCUT2D eigenvalue weighted by Crippen LogP contribution is -2.01. The summed E-state index contributed by atoms with van der Waals surface area (Å²) >= 11 is 0. The zero-order valence-electron chi connectivity index (χ0n) is 8.87. The third kappa shape index (κ3) is 3.39. The summed E-state index contributed by atoms with van der Waals surface area (Å²) in [5, 5.41) is 0. The van der Waals surface area contributed by atoms with Gasteiger partial charge in [-0.1, -0.05) is 0 Å². The summed E-state index contributed by atoms with van der Waals surface area (Å²) in [5.74, 6) is 0.580. The predicted molar refractivity (Wildman–Crippen MR) is 60.9 cm³/mol. The molecule has 0 atom stereocenters. The van der Waals surface area contributed by atoms with Crippen molar-refractivity contribution < 1.29 is 13.2 Å². The molecule has 0 heterocycles. The van der Waals surface area contributed by atoms with Gasteiger partial charge in [-0.2, -0.15) is 0 Å². The van der Waals surface area contributed by atoms with Crippen molar-refractivity contribution in [3.8, 4) is 5.75 Å². The molecule has 1 aromatic carbocycles. The minimum atomic E-state index is -3.51. The van der Waals surface area contributed by atoms with E-state index in [4.69, 9.17) is 15.4 Å². The SMILES string of the molecule is COc1cc(C)c(CS(=O)(=O)Cl)c(C)c1. The van der Waals surface area contributed by atoms with Crippen LogP contribution in [0.2, 0.25) is 0 Å². The van der Waals surface area contributed by atoms with Crippen LogP contribution >= 0.6 is 10.7 Å². The first-order valence-electron chi connectivity index (χ1n) is 4.40. The molecule has 0 saturated heterocycles. The Morgan fingerprint density at radius 2 is 1.73 bits per heavy atom. The lowest BCUT2D eigenvalue weighted by Gasteiger charge is -2.10. The molecule has 0 aromatic heterocycles. The Balaban J connectivity index is 3.20. The first-order chi connectivity index (χ1) is 6.83. The molecule has 5 heteroatoms. The van der Waals surface area contributed by atoms with Crippen LogP contribution in [0.15, 0.2) is 12.1 Å². The molecule has 3 nitrogen and oxygen atoms in total. The summed E-state index contributed by atoms with van der Waals surface area (Å²) in [4.78, 5) is 0. The Hall–Kier alpha value is -0.740. The summed E-state index contributed by atoms with van der Waals surface area (Å²) < 4.78 is 27.1. The first kappa shape index (κ1) is 12.3. The van der Waals surface area contributed by atoms with Gasteiger partial charge in [0.05, 0.1) is 12.9 Å². The zero-order chi connectivity index (χ0) is 11.6. The standard InChI is InChI=1S/C10H13ClO3S/c1-7-4-9(14-3)5-8(2)10(7)6-15(11,12)13/h4-5H,6H2,1-3H3. The lowest BCUT2D eigenvalue weighted by atomic mass is 10.0. The van der Waals surface area contributed by atoms with Gasteiger partial charge < -0.3 is 4.74 Å². The van der Waals surface area contributed by atoms with Gasteiger partial charge in [0.25, 0.3) is 0 Å². The maximum Gasteiger partial charge on any atom is 0.236 e. The van der Waals surface area contributed by atoms with Crippen LogP contribution in [-0.2, 0) is 14.8 Å². The van der Waals surface area contributed by atoms with E-state index in [9.17, 15) is 8.42 Å². The average Bonchev–Trinajstić information content (AvgIpc) is 2.09. The van der Waals surface area contributed by atoms with Gasteiger partial charge in [0.1, 0.15) is 5.75 Å². The largest absolute Gasteiger partial charge is 0.497 e. The van der Waals surface area contributed by atoms with Crippen LogP contribution in [0.4, 0.5) is 0 Å². The molecule has 0 amide bonds. The van der Waals surface area contributed by atoms with Crippen molar-refractivity contribution in [3.63, 3.8) is 0 Å². The van der Waals surface area contributed by atoms with Crippen LogP contribution < -0.4 is 4.74 Å². The summed E-state index contributed by atoms with van der Waals surface area (Å²) in [6.45, 7) is 3.68. The molecular formula is C10H13ClO3S. The maximum absolute atomic E-state index is 11.0. The number of hydrogen-bond acceptors (Lipinski definition) is 3. The second-order valence-electron chi connectivity index (χ2n) is 3.42. The molecule has 0 fully saturated rings. The van der Waals surface area contributed by atoms with E-state index in [0.717, 1.165) is 22.4 Å². The van der Waals surface area contributed by atoms with E-state index in [2.05, 4.69) is 0 Å². The molecule has 1 aromatic rings. The molecule has 0 aliphatic rings. The lowest BCUT2D eigenvalue weighted by molar-refractivity contribution is 0.414. The van der Waals surface area contributed by atoms with Crippen molar-refractivity contribution in [1.29, 1.82) is 0 Å². The normalized spacial score (nSPS) is 11.5. The van der Waals surface area contributed by atoms with E-state index in [1.165, 1.54) is 0 Å². The van der Waals surface area contributed by atoms with Crippen molar-refractivity contribution in [2.75, 3.05) is 7.11 Å². The second-order valence-corrected chi connectivity index (χ2v) is 6.20. The zero-order valence-corrected chi connectivity index (χ0v) is 10.4. The first-order valence-corrected chi connectivity index (χ1v) is 6.88. The van der Waals surface area contributed by atoms with Crippen molar-refractivity contribution in [1.82, 2.24) is 0 Å². The number of methoxy groups -OCH3 is 1. The number of ether oxygens (including phenoxy) is 1. The fourth-order valence-electron chi connectivity index (χ4n) is 1.47. The summed E-state index contributed by atoms with van der Waals surface area (Å²) in [6.07, 6.45) is 0. The topological polar surface area (TPSA) is 43.4 Å². The minimum Gasteiger partial charge on any atom is -0.497 e. The van der Waals surface area contributed by atoms with Crippen molar-refractivity contribution in [2.45, 2.75) is 19.6 Å². The number of rotatable bonds is 3. The molecule has 0 aliphatic heterocycles. The van der Waals surface area contributed by atoms with Crippen molar-refractivity contribution in [2.24, 2.45) is 0 Å². The van der Waals surface area contributed by atoms with Crippen LogP contribution in [-0.4, -0.2) is 15.5 Å². The minimum absolute atomic E-state index is 0.143. The fourth-order valence-corrected chi connectivity index (χ4v) is 2.60. The van der Waals surface area contributed by atoms with Gasteiger partial charge >= 0.3 is 0 Å². The van der Waals surface area contributed by atoms with Crippen LogP contribution in [0.25, 0.3) is 0 Å². The van der Waals surface area contributed by atoms with Gasteiger partial charge in [-0.15, -0.1) is 0 Å². The molecule has 0 bridgehead atoms. The number of hydrogen-bond donors (Lipinski definition) is 0. The fraction of sp³-hybridized carbons (Fsp3) is 0.400. The monoisotopic (exact) mass is 248 g/mol. The highest BCUT2D eigenvalue weighted by atomic mass is 35.7. The quantitative estimate of drug-likeness (QED) is 0.772. The molecular weight excluding hydrogens is 236 g/mol. The van der Waals surface area contributed by atoms with E-state index < -0.39 is 9.05 Å². The Morgan fingerprint density at radius 3 is 2.07 bits per heavy atom. The highest BCUT2D eigenvalue weighted by Gasteiger charge is 2.13. The summed E-state index contributed by atoms with van der Waals surface area (Å²) in [6, 6.07) is 3.59. The number of aryl methyl sites for hydroxylation is 2. The molecule has 0 N–H and O–H groups in total. The second kappa shape index (κ2) is 4.41. The van der Waals surface area contributed by atoms with Gasteiger partial charge in [0.2, 0.25) is 9.05 Å². The summed E-state index contributed by atoms with van der Waals surface area (Å²) in [7, 11) is 3.29. The molecule has 84 valence electrons. The number of halogens is 1. The van der Waals surface area contributed by atoms with Gasteiger partial charge in [-0.05, 0) is 42.7 Å². The molecule has 15 heavy (non-hydrogen) atoms. The van der Waals surface area contributed by atoms with Crippen molar-refractivity contribution in [3.05, 3.63) is 28.8 Å². The van der Waals surface area contributed by atoms with Gasteiger partial charge in [0.15, 0.2) is 0 Å². The van der Waals surface area contributed by atoms with Crippen LogP contribution in [0.5, 0.6) is 5.75 Å². The third-order valence-electron chi connectivity index (χ3n) is 2.22. The average molecular weight is 249 g/mol. The van der Waals surface area contributed by atoms with Gasteiger partial charge in [-0.25, -0.2) is 8.42 Å². The molecule has 1 rings (SSSR count). The Morgan fingerprint density at radius 1 is 1.27 bits per heavy atom. The Labute approximate surface area is 94.4 Å². The predicted octanol–water partition coefficient (Wildman–Crippen LogP) is 2.38. The van der Waals surface area contributed by atoms with E-state index in [0.29, 0.717) is 0 Å². The molecule has 0 radical (unpaired) electrons. The molecule has 0 spiro atoms. The maximum atomic E-state index is 11.0. The van der Waals surface area contributed by atoms with Crippen LogP contribution in [0, 0.1) is 13.8 Å². The van der Waals surface area contributed by atoms with Gasteiger partial charge in [0, 0.05) is 10.7 Å². The molecule has 0 unspecified atom stereocenters. The highest BCUT2D eigenvalue weighted by molar-refractivity contribution is 8.13. The Kier molecular flexibility index (Phi) is 3.62. The smallest absolute Gasteiger partial charge is 0.236 e.